The number of carbonyl (C=O) groups excluding carboxylic acids is 1. The lowest BCUT2D eigenvalue weighted by molar-refractivity contribution is 0.0657. The predicted molar refractivity (Wildman–Crippen MR) is 129 cm³/mol. The average molecular weight is 537 g/mol. The Morgan fingerprint density at radius 3 is 2.68 bits per heavy atom. The van der Waals surface area contributed by atoms with Crippen molar-refractivity contribution in [1.29, 1.82) is 0 Å². The lowest BCUT2D eigenvalue weighted by Gasteiger charge is -2.36. The molecule has 1 aliphatic rings. The molecule has 0 bridgehead atoms. The van der Waals surface area contributed by atoms with E-state index in [1.807, 2.05) is 33.7 Å². The van der Waals surface area contributed by atoms with Gasteiger partial charge in [-0.2, -0.15) is 0 Å². The summed E-state index contributed by atoms with van der Waals surface area (Å²) in [6.45, 7) is 6.36. The first kappa shape index (κ1) is 23.0. The molecule has 0 spiro atoms. The molecule has 1 aliphatic heterocycles. The van der Waals surface area contributed by atoms with Crippen molar-refractivity contribution < 1.29 is 9.21 Å². The summed E-state index contributed by atoms with van der Waals surface area (Å²) in [5.41, 5.74) is 0.867. The number of fused-ring (bicyclic) bond motifs is 1. The van der Waals surface area contributed by atoms with Crippen LogP contribution in [0.3, 0.4) is 0 Å². The maximum Gasteiger partial charge on any atom is 0.289 e. The van der Waals surface area contributed by atoms with Gasteiger partial charge in [-0.15, -0.1) is 34.2 Å². The van der Waals surface area contributed by atoms with E-state index < -0.39 is 0 Å². The van der Waals surface area contributed by atoms with Gasteiger partial charge in [0, 0.05) is 51.9 Å². The minimum absolute atomic E-state index is 0. The van der Waals surface area contributed by atoms with Crippen LogP contribution in [-0.4, -0.2) is 75.5 Å². The number of aromatic nitrogens is 3. The average Bonchev–Trinajstić information content (AvgIpc) is 3.46. The molecule has 31 heavy (non-hydrogen) atoms. The number of rotatable bonds is 6. The van der Waals surface area contributed by atoms with Crippen molar-refractivity contribution in [2.45, 2.75) is 19.8 Å². The number of hydrogen-bond donors (Lipinski definition) is 1. The minimum Gasteiger partial charge on any atom is -0.459 e. The molecule has 0 saturated carbocycles. The van der Waals surface area contributed by atoms with Gasteiger partial charge in [0.2, 0.25) is 0 Å². The summed E-state index contributed by atoms with van der Waals surface area (Å²) in [6.07, 6.45) is 5.23. The van der Waals surface area contributed by atoms with Crippen molar-refractivity contribution in [2.24, 2.45) is 4.99 Å². The van der Waals surface area contributed by atoms with E-state index in [1.54, 1.807) is 12.1 Å². The molecule has 0 aromatic carbocycles. The standard InChI is InChI=1S/C21H27N7O2.HI/c1-2-22-21(23-10-5-9-19-25-24-18-8-3-4-11-28(18)19)27-14-12-26(13-15-27)20(29)17-7-6-16-30-17;/h3-4,6-8,11,16H,2,5,9-10,12-15H2,1H3,(H,22,23);1H. The maximum atomic E-state index is 12.4. The molecule has 9 nitrogen and oxygen atoms in total. The zero-order chi connectivity index (χ0) is 20.8. The van der Waals surface area contributed by atoms with E-state index >= 15 is 0 Å². The predicted octanol–water partition coefficient (Wildman–Crippen LogP) is 2.30. The Hall–Kier alpha value is -2.63. The summed E-state index contributed by atoms with van der Waals surface area (Å²) in [7, 11) is 0. The molecule has 10 heteroatoms. The molecule has 1 saturated heterocycles. The summed E-state index contributed by atoms with van der Waals surface area (Å²) in [6, 6.07) is 9.34. The second-order valence-electron chi connectivity index (χ2n) is 7.14. The number of carbonyl (C=O) groups is 1. The lowest BCUT2D eigenvalue weighted by atomic mass is 10.3. The Bertz CT molecular complexity index is 994. The van der Waals surface area contributed by atoms with Crippen molar-refractivity contribution in [3.05, 3.63) is 54.4 Å². The smallest absolute Gasteiger partial charge is 0.289 e. The number of halogens is 1. The van der Waals surface area contributed by atoms with Gasteiger partial charge < -0.3 is 19.5 Å². The highest BCUT2D eigenvalue weighted by atomic mass is 127. The van der Waals surface area contributed by atoms with Crippen LogP contribution in [0, 0.1) is 0 Å². The van der Waals surface area contributed by atoms with E-state index in [0.717, 1.165) is 49.9 Å². The van der Waals surface area contributed by atoms with Gasteiger partial charge in [-0.25, -0.2) is 0 Å². The normalized spacial score (nSPS) is 14.5. The molecular weight excluding hydrogens is 509 g/mol. The van der Waals surface area contributed by atoms with Gasteiger partial charge in [-0.05, 0) is 37.6 Å². The van der Waals surface area contributed by atoms with Crippen molar-refractivity contribution >= 4 is 41.5 Å². The molecule has 0 atom stereocenters. The topological polar surface area (TPSA) is 91.3 Å². The third-order valence-corrected chi connectivity index (χ3v) is 5.14. The Morgan fingerprint density at radius 1 is 1.13 bits per heavy atom. The summed E-state index contributed by atoms with van der Waals surface area (Å²) in [5, 5.41) is 11.8. The van der Waals surface area contributed by atoms with E-state index in [9.17, 15) is 4.79 Å². The van der Waals surface area contributed by atoms with Crippen molar-refractivity contribution in [3.8, 4) is 0 Å². The zero-order valence-electron chi connectivity index (χ0n) is 17.6. The molecule has 0 radical (unpaired) electrons. The van der Waals surface area contributed by atoms with Crippen LogP contribution in [0.1, 0.15) is 29.7 Å². The van der Waals surface area contributed by atoms with Gasteiger partial charge in [-0.3, -0.25) is 14.2 Å². The molecule has 4 rings (SSSR count). The second kappa shape index (κ2) is 11.1. The quantitative estimate of drug-likeness (QED) is 0.225. The van der Waals surface area contributed by atoms with Crippen LogP contribution in [0.25, 0.3) is 5.65 Å². The summed E-state index contributed by atoms with van der Waals surface area (Å²) >= 11 is 0. The molecule has 166 valence electrons. The lowest BCUT2D eigenvalue weighted by Crippen LogP contribution is -2.53. The highest BCUT2D eigenvalue weighted by Gasteiger charge is 2.25. The largest absolute Gasteiger partial charge is 0.459 e. The fourth-order valence-electron chi connectivity index (χ4n) is 3.59. The number of aryl methyl sites for hydroxylation is 1. The molecule has 0 unspecified atom stereocenters. The van der Waals surface area contributed by atoms with E-state index in [2.05, 4.69) is 27.3 Å². The molecule has 1 N–H and O–H groups in total. The third-order valence-electron chi connectivity index (χ3n) is 5.14. The Labute approximate surface area is 198 Å². The van der Waals surface area contributed by atoms with E-state index in [4.69, 9.17) is 9.41 Å². The number of hydrogen-bond acceptors (Lipinski definition) is 5. The number of pyridine rings is 1. The molecule has 3 aromatic rings. The SMILES string of the molecule is CCNC(=NCCCc1nnc2ccccn12)N1CCN(C(=O)c2ccco2)CC1.I. The number of aliphatic imine (C=N–C) groups is 1. The first-order valence-corrected chi connectivity index (χ1v) is 10.4. The number of piperazine rings is 1. The van der Waals surface area contributed by atoms with Crippen LogP contribution in [0.4, 0.5) is 0 Å². The molecule has 1 fully saturated rings. The van der Waals surface area contributed by atoms with Crippen LogP contribution in [0.15, 0.2) is 52.2 Å². The Balaban J connectivity index is 0.00000272. The van der Waals surface area contributed by atoms with Gasteiger partial charge in [-0.1, -0.05) is 6.07 Å². The molecule has 1 amide bonds. The monoisotopic (exact) mass is 537 g/mol. The number of nitrogens with one attached hydrogen (secondary N) is 1. The third kappa shape index (κ3) is 5.54. The number of amides is 1. The van der Waals surface area contributed by atoms with Crippen LogP contribution in [-0.2, 0) is 6.42 Å². The van der Waals surface area contributed by atoms with Crippen molar-refractivity contribution in [1.82, 2.24) is 29.7 Å². The molecule has 4 heterocycles. The van der Waals surface area contributed by atoms with Crippen LogP contribution < -0.4 is 5.32 Å². The number of guanidine groups is 1. The summed E-state index contributed by atoms with van der Waals surface area (Å²) in [4.78, 5) is 21.3. The second-order valence-corrected chi connectivity index (χ2v) is 7.14. The highest BCUT2D eigenvalue weighted by Crippen LogP contribution is 2.10. The fraction of sp³-hybridized carbons (Fsp3) is 0.429. The Kier molecular flexibility index (Phi) is 8.27. The maximum absolute atomic E-state index is 12.4. The highest BCUT2D eigenvalue weighted by molar-refractivity contribution is 14.0. The summed E-state index contributed by atoms with van der Waals surface area (Å²) < 4.78 is 7.25. The number of furan rings is 1. The number of nitrogens with zero attached hydrogens (tertiary/aromatic N) is 6. The van der Waals surface area contributed by atoms with Crippen LogP contribution in [0.5, 0.6) is 0 Å². The zero-order valence-corrected chi connectivity index (χ0v) is 19.9. The Morgan fingerprint density at radius 2 is 1.94 bits per heavy atom. The van der Waals surface area contributed by atoms with Gasteiger partial charge in [0.25, 0.3) is 5.91 Å². The van der Waals surface area contributed by atoms with Crippen LogP contribution in [0.2, 0.25) is 0 Å². The van der Waals surface area contributed by atoms with Gasteiger partial charge >= 0.3 is 0 Å². The van der Waals surface area contributed by atoms with E-state index in [0.29, 0.717) is 25.4 Å². The first-order chi connectivity index (χ1) is 14.8. The molecule has 3 aromatic heterocycles. The van der Waals surface area contributed by atoms with Gasteiger partial charge in [0.05, 0.1) is 6.26 Å². The first-order valence-electron chi connectivity index (χ1n) is 10.4. The van der Waals surface area contributed by atoms with Crippen molar-refractivity contribution in [3.63, 3.8) is 0 Å². The molecular formula is C21H28IN7O2. The van der Waals surface area contributed by atoms with Crippen LogP contribution >= 0.6 is 24.0 Å². The van der Waals surface area contributed by atoms with Crippen molar-refractivity contribution in [2.75, 3.05) is 39.3 Å². The minimum atomic E-state index is -0.0536. The van der Waals surface area contributed by atoms with Gasteiger partial charge in [0.1, 0.15) is 5.82 Å². The van der Waals surface area contributed by atoms with E-state index in [-0.39, 0.29) is 29.9 Å². The fourth-order valence-corrected chi connectivity index (χ4v) is 3.59. The summed E-state index contributed by atoms with van der Waals surface area (Å²) in [5.74, 6) is 2.19. The van der Waals surface area contributed by atoms with E-state index in [1.165, 1.54) is 6.26 Å². The molecule has 0 aliphatic carbocycles. The van der Waals surface area contributed by atoms with Gasteiger partial charge in [0.15, 0.2) is 17.4 Å².